The Labute approximate surface area is 136 Å². The molecule has 1 aromatic rings. The molecule has 6 nitrogen and oxygen atoms in total. The Morgan fingerprint density at radius 3 is 2.91 bits per heavy atom. The van der Waals surface area contributed by atoms with Gasteiger partial charge in [0.2, 0.25) is 11.8 Å². The number of nitrogens with zero attached hydrogens (tertiary/aromatic N) is 2. The third kappa shape index (κ3) is 3.64. The molecule has 124 valence electrons. The first-order chi connectivity index (χ1) is 11.1. The van der Waals surface area contributed by atoms with Crippen LogP contribution in [-0.2, 0) is 16.1 Å². The lowest BCUT2D eigenvalue weighted by atomic mass is 9.97. The van der Waals surface area contributed by atoms with Crippen molar-refractivity contribution in [2.75, 3.05) is 37.6 Å². The summed E-state index contributed by atoms with van der Waals surface area (Å²) in [6, 6.07) is 8.19. The second-order valence-electron chi connectivity index (χ2n) is 6.31. The summed E-state index contributed by atoms with van der Waals surface area (Å²) in [5.74, 6) is -0.426. The van der Waals surface area contributed by atoms with Gasteiger partial charge < -0.3 is 20.9 Å². The number of hydrogen-bond donors (Lipinski definition) is 2. The molecule has 6 heteroatoms. The van der Waals surface area contributed by atoms with E-state index in [9.17, 15) is 9.59 Å². The van der Waals surface area contributed by atoms with Gasteiger partial charge in [0.25, 0.3) is 0 Å². The molecule has 3 N–H and O–H groups in total. The number of amides is 2. The van der Waals surface area contributed by atoms with Gasteiger partial charge in [0.1, 0.15) is 0 Å². The summed E-state index contributed by atoms with van der Waals surface area (Å²) in [5.41, 5.74) is 7.74. The minimum Gasteiger partial charge on any atom is -0.369 e. The summed E-state index contributed by atoms with van der Waals surface area (Å²) in [7, 11) is 0. The standard InChI is InChI=1S/C17H24N4O2/c18-17(23)14-5-3-8-21(11-14)16(22)12-20-9-7-19-10-13-4-1-2-6-15(13)20/h1-2,4,6,14,19H,3,5,7-12H2,(H2,18,23). The Morgan fingerprint density at radius 1 is 1.26 bits per heavy atom. The number of anilines is 1. The van der Waals surface area contributed by atoms with E-state index < -0.39 is 0 Å². The maximum atomic E-state index is 12.7. The van der Waals surface area contributed by atoms with Gasteiger partial charge in [-0.25, -0.2) is 0 Å². The van der Waals surface area contributed by atoms with E-state index in [2.05, 4.69) is 22.3 Å². The van der Waals surface area contributed by atoms with Crippen LogP contribution >= 0.6 is 0 Å². The van der Waals surface area contributed by atoms with Crippen molar-refractivity contribution in [2.45, 2.75) is 19.4 Å². The predicted molar refractivity (Wildman–Crippen MR) is 88.9 cm³/mol. The largest absolute Gasteiger partial charge is 0.369 e. The highest BCUT2D eigenvalue weighted by atomic mass is 16.2. The summed E-state index contributed by atoms with van der Waals surface area (Å²) in [6.07, 6.45) is 1.63. The molecule has 1 aromatic carbocycles. The lowest BCUT2D eigenvalue weighted by Gasteiger charge is -2.33. The van der Waals surface area contributed by atoms with Gasteiger partial charge in [-0.15, -0.1) is 0 Å². The van der Waals surface area contributed by atoms with E-state index in [4.69, 9.17) is 5.73 Å². The van der Waals surface area contributed by atoms with E-state index in [0.717, 1.165) is 44.7 Å². The second kappa shape index (κ2) is 7.00. The molecule has 0 bridgehead atoms. The average molecular weight is 316 g/mol. The van der Waals surface area contributed by atoms with Crippen LogP contribution in [0, 0.1) is 5.92 Å². The van der Waals surface area contributed by atoms with Gasteiger partial charge in [0, 0.05) is 38.4 Å². The van der Waals surface area contributed by atoms with Gasteiger partial charge in [-0.05, 0) is 24.5 Å². The predicted octanol–water partition coefficient (Wildman–Crippen LogP) is 0.320. The lowest BCUT2D eigenvalue weighted by Crippen LogP contribution is -2.48. The van der Waals surface area contributed by atoms with Crippen molar-refractivity contribution in [2.24, 2.45) is 11.7 Å². The van der Waals surface area contributed by atoms with Crippen LogP contribution in [0.25, 0.3) is 0 Å². The summed E-state index contributed by atoms with van der Waals surface area (Å²) in [4.78, 5) is 28.0. The first kappa shape index (κ1) is 15.8. The quantitative estimate of drug-likeness (QED) is 0.842. The van der Waals surface area contributed by atoms with Crippen molar-refractivity contribution >= 4 is 17.5 Å². The molecule has 0 radical (unpaired) electrons. The van der Waals surface area contributed by atoms with Gasteiger partial charge in [0.05, 0.1) is 12.5 Å². The fourth-order valence-electron chi connectivity index (χ4n) is 3.39. The average Bonchev–Trinajstić information content (AvgIpc) is 2.77. The molecular weight excluding hydrogens is 292 g/mol. The van der Waals surface area contributed by atoms with E-state index >= 15 is 0 Å². The SMILES string of the molecule is NC(=O)C1CCCN(C(=O)CN2CCNCc3ccccc32)C1. The molecule has 1 saturated heterocycles. The van der Waals surface area contributed by atoms with Gasteiger partial charge in [-0.2, -0.15) is 0 Å². The fourth-order valence-corrected chi connectivity index (χ4v) is 3.39. The third-order valence-electron chi connectivity index (χ3n) is 4.71. The number of hydrogen-bond acceptors (Lipinski definition) is 4. The molecule has 3 rings (SSSR count). The molecule has 0 aliphatic carbocycles. The Balaban J connectivity index is 1.69. The van der Waals surface area contributed by atoms with Crippen LogP contribution in [0.2, 0.25) is 0 Å². The molecule has 0 saturated carbocycles. The highest BCUT2D eigenvalue weighted by Gasteiger charge is 2.28. The van der Waals surface area contributed by atoms with Crippen molar-refractivity contribution in [1.82, 2.24) is 10.2 Å². The Morgan fingerprint density at radius 2 is 2.09 bits per heavy atom. The number of rotatable bonds is 3. The second-order valence-corrected chi connectivity index (χ2v) is 6.31. The zero-order valence-electron chi connectivity index (χ0n) is 13.3. The van der Waals surface area contributed by atoms with Gasteiger partial charge >= 0.3 is 0 Å². The molecule has 2 amide bonds. The van der Waals surface area contributed by atoms with Crippen LogP contribution in [-0.4, -0.2) is 49.4 Å². The number of nitrogens with two attached hydrogens (primary N) is 1. The Kier molecular flexibility index (Phi) is 4.81. The topological polar surface area (TPSA) is 78.7 Å². The fraction of sp³-hybridized carbons (Fsp3) is 0.529. The van der Waals surface area contributed by atoms with Crippen molar-refractivity contribution in [3.05, 3.63) is 29.8 Å². The number of carbonyl (C=O) groups is 2. The Bertz CT molecular complexity index is 590. The normalized spacial score (nSPS) is 21.5. The van der Waals surface area contributed by atoms with Gasteiger partial charge in [0.15, 0.2) is 0 Å². The van der Waals surface area contributed by atoms with E-state index in [1.807, 2.05) is 12.1 Å². The monoisotopic (exact) mass is 316 g/mol. The van der Waals surface area contributed by atoms with Crippen LogP contribution in [0.3, 0.4) is 0 Å². The van der Waals surface area contributed by atoms with Crippen LogP contribution in [0.4, 0.5) is 5.69 Å². The van der Waals surface area contributed by atoms with Gasteiger partial charge in [-0.3, -0.25) is 9.59 Å². The highest BCUT2D eigenvalue weighted by Crippen LogP contribution is 2.23. The number of para-hydroxylation sites is 1. The van der Waals surface area contributed by atoms with Crippen molar-refractivity contribution in [1.29, 1.82) is 0 Å². The van der Waals surface area contributed by atoms with E-state index in [0.29, 0.717) is 13.1 Å². The minimum absolute atomic E-state index is 0.0765. The third-order valence-corrected chi connectivity index (χ3v) is 4.71. The maximum absolute atomic E-state index is 12.7. The van der Waals surface area contributed by atoms with Crippen molar-refractivity contribution in [3.8, 4) is 0 Å². The van der Waals surface area contributed by atoms with E-state index in [-0.39, 0.29) is 17.7 Å². The summed E-state index contributed by atoms with van der Waals surface area (Å²) in [5, 5.41) is 3.38. The molecule has 1 fully saturated rings. The smallest absolute Gasteiger partial charge is 0.242 e. The number of primary amides is 1. The first-order valence-electron chi connectivity index (χ1n) is 8.26. The summed E-state index contributed by atoms with van der Waals surface area (Å²) < 4.78 is 0. The van der Waals surface area contributed by atoms with E-state index in [1.54, 1.807) is 4.90 Å². The molecule has 2 aliphatic heterocycles. The molecular formula is C17H24N4O2. The number of carbonyl (C=O) groups excluding carboxylic acids is 2. The molecule has 23 heavy (non-hydrogen) atoms. The highest BCUT2D eigenvalue weighted by molar-refractivity contribution is 5.83. The summed E-state index contributed by atoms with van der Waals surface area (Å²) >= 11 is 0. The molecule has 0 aromatic heterocycles. The Hall–Kier alpha value is -2.08. The number of benzene rings is 1. The molecule has 2 aliphatic rings. The lowest BCUT2D eigenvalue weighted by molar-refractivity contribution is -0.133. The number of nitrogens with one attached hydrogen (secondary N) is 1. The molecule has 2 heterocycles. The number of fused-ring (bicyclic) bond motifs is 1. The van der Waals surface area contributed by atoms with Gasteiger partial charge in [-0.1, -0.05) is 18.2 Å². The van der Waals surface area contributed by atoms with Crippen LogP contribution in [0.15, 0.2) is 24.3 Å². The zero-order valence-corrected chi connectivity index (χ0v) is 13.3. The zero-order chi connectivity index (χ0) is 16.2. The molecule has 1 unspecified atom stereocenters. The molecule has 1 atom stereocenters. The van der Waals surface area contributed by atoms with E-state index in [1.165, 1.54) is 5.56 Å². The number of likely N-dealkylation sites (tertiary alicyclic amines) is 1. The van der Waals surface area contributed by atoms with Crippen molar-refractivity contribution in [3.63, 3.8) is 0 Å². The first-order valence-corrected chi connectivity index (χ1v) is 8.26. The van der Waals surface area contributed by atoms with Crippen LogP contribution in [0.5, 0.6) is 0 Å². The molecule has 0 spiro atoms. The summed E-state index contributed by atoms with van der Waals surface area (Å²) in [6.45, 7) is 4.01. The maximum Gasteiger partial charge on any atom is 0.242 e. The minimum atomic E-state index is -0.299. The van der Waals surface area contributed by atoms with Crippen molar-refractivity contribution < 1.29 is 9.59 Å². The van der Waals surface area contributed by atoms with Crippen LogP contribution in [0.1, 0.15) is 18.4 Å². The van der Waals surface area contributed by atoms with Crippen LogP contribution < -0.4 is 16.0 Å². The number of piperidine rings is 1.